The summed E-state index contributed by atoms with van der Waals surface area (Å²) in [5.74, 6) is 1.55. The molecule has 0 spiro atoms. The average Bonchev–Trinajstić information content (AvgIpc) is 2.64. The molecule has 1 aliphatic carbocycles. The van der Waals surface area contributed by atoms with Crippen LogP contribution < -0.4 is 5.73 Å². The number of nitrogens with zero attached hydrogens (tertiary/aromatic N) is 1. The van der Waals surface area contributed by atoms with Crippen LogP contribution in [0.2, 0.25) is 0 Å². The summed E-state index contributed by atoms with van der Waals surface area (Å²) in [5, 5.41) is 10.4. The summed E-state index contributed by atoms with van der Waals surface area (Å²) in [4.78, 5) is 4.07. The maximum atomic E-state index is 10.4. The molecule has 2 rings (SSSR count). The molecular weight excluding hydrogens is 200 g/mol. The molecule has 3 nitrogen and oxygen atoms in total. The number of nitrogens with two attached hydrogens (primary N) is 1. The van der Waals surface area contributed by atoms with Crippen LogP contribution in [-0.2, 0) is 0 Å². The molecule has 1 fully saturated rings. The van der Waals surface area contributed by atoms with Gasteiger partial charge in [-0.1, -0.05) is 13.3 Å². The average molecular weight is 220 g/mol. The van der Waals surface area contributed by atoms with E-state index < -0.39 is 6.10 Å². The second-order valence-electron chi connectivity index (χ2n) is 5.05. The third-order valence-corrected chi connectivity index (χ3v) is 3.72. The number of pyridine rings is 1. The number of aromatic nitrogens is 1. The van der Waals surface area contributed by atoms with Gasteiger partial charge in [-0.05, 0) is 43.2 Å². The highest BCUT2D eigenvalue weighted by Gasteiger charge is 2.30. The molecule has 1 saturated carbocycles. The molecule has 0 saturated heterocycles. The van der Waals surface area contributed by atoms with E-state index in [2.05, 4.69) is 11.9 Å². The molecular formula is C13H20N2O. The fourth-order valence-electron chi connectivity index (χ4n) is 2.75. The number of hydrogen-bond donors (Lipinski definition) is 2. The quantitative estimate of drug-likeness (QED) is 0.804. The van der Waals surface area contributed by atoms with Crippen molar-refractivity contribution >= 4 is 5.82 Å². The maximum Gasteiger partial charge on any atom is 0.129 e. The first-order valence-corrected chi connectivity index (χ1v) is 5.98. The molecule has 0 aliphatic heterocycles. The van der Waals surface area contributed by atoms with Crippen molar-refractivity contribution in [1.29, 1.82) is 0 Å². The van der Waals surface area contributed by atoms with E-state index in [0.717, 1.165) is 29.9 Å². The van der Waals surface area contributed by atoms with Gasteiger partial charge >= 0.3 is 0 Å². The summed E-state index contributed by atoms with van der Waals surface area (Å²) in [6.07, 6.45) is 4.64. The van der Waals surface area contributed by atoms with Gasteiger partial charge in [0.05, 0.1) is 6.10 Å². The van der Waals surface area contributed by atoms with Gasteiger partial charge in [0.15, 0.2) is 0 Å². The van der Waals surface area contributed by atoms with Crippen LogP contribution >= 0.6 is 0 Å². The van der Waals surface area contributed by atoms with Crippen molar-refractivity contribution in [3.8, 4) is 0 Å². The van der Waals surface area contributed by atoms with E-state index >= 15 is 0 Å². The molecule has 3 unspecified atom stereocenters. The van der Waals surface area contributed by atoms with E-state index in [0.29, 0.717) is 11.7 Å². The number of anilines is 1. The number of aliphatic hydroxyl groups excluding tert-OH is 1. The Morgan fingerprint density at radius 3 is 2.81 bits per heavy atom. The van der Waals surface area contributed by atoms with E-state index in [-0.39, 0.29) is 0 Å². The van der Waals surface area contributed by atoms with Gasteiger partial charge in [0.2, 0.25) is 0 Å². The number of hydrogen-bond acceptors (Lipinski definition) is 3. The van der Waals surface area contributed by atoms with Crippen molar-refractivity contribution in [1.82, 2.24) is 4.98 Å². The molecule has 0 amide bonds. The molecule has 1 aromatic heterocycles. The van der Waals surface area contributed by atoms with Crippen molar-refractivity contribution in [3.63, 3.8) is 0 Å². The normalized spacial score (nSPS) is 26.9. The number of rotatable bonds is 2. The molecule has 0 radical (unpaired) electrons. The lowest BCUT2D eigenvalue weighted by Gasteiger charge is -2.21. The zero-order valence-corrected chi connectivity index (χ0v) is 9.98. The van der Waals surface area contributed by atoms with Crippen LogP contribution in [0.1, 0.15) is 43.4 Å². The first-order chi connectivity index (χ1) is 7.59. The number of aryl methyl sites for hydroxylation is 1. The minimum Gasteiger partial charge on any atom is -0.388 e. The maximum absolute atomic E-state index is 10.4. The zero-order chi connectivity index (χ0) is 11.7. The van der Waals surface area contributed by atoms with Crippen LogP contribution in [0.4, 0.5) is 5.82 Å². The van der Waals surface area contributed by atoms with Crippen LogP contribution in [0.25, 0.3) is 0 Å². The molecule has 16 heavy (non-hydrogen) atoms. The van der Waals surface area contributed by atoms with Gasteiger partial charge in [-0.2, -0.15) is 0 Å². The van der Waals surface area contributed by atoms with Crippen molar-refractivity contribution in [2.75, 3.05) is 5.73 Å². The van der Waals surface area contributed by atoms with E-state index in [4.69, 9.17) is 5.73 Å². The minimum atomic E-state index is -0.446. The summed E-state index contributed by atoms with van der Waals surface area (Å²) in [5.41, 5.74) is 7.73. The molecule has 0 bridgehead atoms. The Morgan fingerprint density at radius 1 is 1.50 bits per heavy atom. The SMILES string of the molecule is Cc1ccnc(N)c1C(O)C1CCC(C)C1. The summed E-state index contributed by atoms with van der Waals surface area (Å²) in [6, 6.07) is 1.91. The highest BCUT2D eigenvalue weighted by molar-refractivity contribution is 5.45. The third kappa shape index (κ3) is 2.05. The van der Waals surface area contributed by atoms with Gasteiger partial charge in [0.25, 0.3) is 0 Å². The molecule has 1 aliphatic rings. The Morgan fingerprint density at radius 2 is 2.25 bits per heavy atom. The lowest BCUT2D eigenvalue weighted by atomic mass is 9.91. The number of aliphatic hydroxyl groups is 1. The Labute approximate surface area is 96.7 Å². The smallest absolute Gasteiger partial charge is 0.129 e. The summed E-state index contributed by atoms with van der Waals surface area (Å²) in [7, 11) is 0. The predicted molar refractivity (Wildman–Crippen MR) is 64.9 cm³/mol. The monoisotopic (exact) mass is 220 g/mol. The van der Waals surface area contributed by atoms with E-state index in [1.807, 2.05) is 13.0 Å². The molecule has 3 atom stereocenters. The topological polar surface area (TPSA) is 59.1 Å². The van der Waals surface area contributed by atoms with Crippen molar-refractivity contribution in [2.45, 2.75) is 39.2 Å². The fourth-order valence-corrected chi connectivity index (χ4v) is 2.75. The van der Waals surface area contributed by atoms with E-state index in [1.165, 1.54) is 6.42 Å². The first-order valence-electron chi connectivity index (χ1n) is 5.98. The zero-order valence-electron chi connectivity index (χ0n) is 9.98. The van der Waals surface area contributed by atoms with Crippen LogP contribution in [0.3, 0.4) is 0 Å². The van der Waals surface area contributed by atoms with Gasteiger partial charge in [-0.15, -0.1) is 0 Å². The van der Waals surface area contributed by atoms with Crippen LogP contribution in [0.15, 0.2) is 12.3 Å². The summed E-state index contributed by atoms with van der Waals surface area (Å²) < 4.78 is 0. The van der Waals surface area contributed by atoms with Crippen LogP contribution in [-0.4, -0.2) is 10.1 Å². The molecule has 3 N–H and O–H groups in total. The predicted octanol–water partition coefficient (Wildman–Crippen LogP) is 2.44. The van der Waals surface area contributed by atoms with Gasteiger partial charge in [0, 0.05) is 11.8 Å². The summed E-state index contributed by atoms with van der Waals surface area (Å²) >= 11 is 0. The van der Waals surface area contributed by atoms with Crippen LogP contribution in [0.5, 0.6) is 0 Å². The number of nitrogen functional groups attached to an aromatic ring is 1. The second-order valence-corrected chi connectivity index (χ2v) is 5.05. The molecule has 1 aromatic rings. The Hall–Kier alpha value is -1.09. The van der Waals surface area contributed by atoms with Gasteiger partial charge in [-0.3, -0.25) is 0 Å². The summed E-state index contributed by atoms with van der Waals surface area (Å²) in [6.45, 7) is 4.22. The Balaban J connectivity index is 2.23. The van der Waals surface area contributed by atoms with Gasteiger partial charge < -0.3 is 10.8 Å². The third-order valence-electron chi connectivity index (χ3n) is 3.72. The molecule has 3 heteroatoms. The Bertz CT molecular complexity index is 358. The second kappa shape index (κ2) is 4.42. The molecule has 0 aromatic carbocycles. The molecule has 1 heterocycles. The van der Waals surface area contributed by atoms with Crippen molar-refractivity contribution in [3.05, 3.63) is 23.4 Å². The van der Waals surface area contributed by atoms with E-state index in [9.17, 15) is 5.11 Å². The van der Waals surface area contributed by atoms with Crippen molar-refractivity contribution in [2.24, 2.45) is 11.8 Å². The van der Waals surface area contributed by atoms with Gasteiger partial charge in [0.1, 0.15) is 5.82 Å². The largest absolute Gasteiger partial charge is 0.388 e. The standard InChI is InChI=1S/C13H20N2O/c1-8-3-4-10(7-8)12(16)11-9(2)5-6-15-13(11)14/h5-6,8,10,12,16H,3-4,7H2,1-2H3,(H2,14,15). The fraction of sp³-hybridized carbons (Fsp3) is 0.615. The van der Waals surface area contributed by atoms with Gasteiger partial charge in [-0.25, -0.2) is 4.98 Å². The van der Waals surface area contributed by atoms with Crippen molar-refractivity contribution < 1.29 is 5.11 Å². The highest BCUT2D eigenvalue weighted by atomic mass is 16.3. The highest BCUT2D eigenvalue weighted by Crippen LogP contribution is 2.40. The minimum absolute atomic E-state index is 0.347. The lowest BCUT2D eigenvalue weighted by molar-refractivity contribution is 0.109. The first kappa shape index (κ1) is 11.4. The van der Waals surface area contributed by atoms with Crippen LogP contribution in [0, 0.1) is 18.8 Å². The lowest BCUT2D eigenvalue weighted by Crippen LogP contribution is -2.14. The molecule has 88 valence electrons. The Kier molecular flexibility index (Phi) is 3.15. The van der Waals surface area contributed by atoms with E-state index in [1.54, 1.807) is 6.20 Å².